The Labute approximate surface area is 77.6 Å². The smallest absolute Gasteiger partial charge is 0.291 e. The molecule has 0 bridgehead atoms. The Balaban J connectivity index is 2.49. The highest BCUT2D eigenvalue weighted by atomic mass is 32.1. The molecule has 0 saturated carbocycles. The molecule has 2 N–H and O–H groups in total. The molecule has 0 aromatic carbocycles. The fourth-order valence-electron chi connectivity index (χ4n) is 0.629. The zero-order valence-electron chi connectivity index (χ0n) is 6.87. The molecule has 0 radical (unpaired) electrons. The molecular formula is C6H9F2N3OS. The number of aliphatic hydroxyl groups is 1. The molecule has 0 aliphatic carbocycles. The lowest BCUT2D eigenvalue weighted by molar-refractivity contribution is 0.150. The highest BCUT2D eigenvalue weighted by Gasteiger charge is 2.13. The quantitative estimate of drug-likeness (QED) is 0.784. The van der Waals surface area contributed by atoms with E-state index >= 15 is 0 Å². The Bertz CT molecular complexity index is 266. The summed E-state index contributed by atoms with van der Waals surface area (Å²) in [5, 5.41) is 18.3. The average molecular weight is 209 g/mol. The van der Waals surface area contributed by atoms with Crippen LogP contribution in [0.4, 0.5) is 13.9 Å². The molecule has 7 heteroatoms. The van der Waals surface area contributed by atoms with Crippen LogP contribution >= 0.6 is 11.3 Å². The van der Waals surface area contributed by atoms with Crippen molar-refractivity contribution >= 4 is 16.5 Å². The third-order valence-electron chi connectivity index (χ3n) is 1.18. The van der Waals surface area contributed by atoms with Gasteiger partial charge in [-0.25, -0.2) is 8.78 Å². The summed E-state index contributed by atoms with van der Waals surface area (Å²) in [4.78, 5) is 0. The van der Waals surface area contributed by atoms with E-state index in [1.54, 1.807) is 6.92 Å². The van der Waals surface area contributed by atoms with E-state index in [1.807, 2.05) is 0 Å². The second-order valence-electron chi connectivity index (χ2n) is 2.48. The molecule has 1 atom stereocenters. The van der Waals surface area contributed by atoms with E-state index in [0.29, 0.717) is 5.13 Å². The van der Waals surface area contributed by atoms with E-state index in [9.17, 15) is 8.78 Å². The Morgan fingerprint density at radius 2 is 2.23 bits per heavy atom. The van der Waals surface area contributed by atoms with Crippen LogP contribution in [-0.4, -0.2) is 28.0 Å². The van der Waals surface area contributed by atoms with Crippen molar-refractivity contribution in [3.63, 3.8) is 0 Å². The maximum Gasteiger partial charge on any atom is 0.291 e. The second-order valence-corrected chi connectivity index (χ2v) is 3.49. The lowest BCUT2D eigenvalue weighted by Gasteiger charge is -2.02. The zero-order valence-corrected chi connectivity index (χ0v) is 7.68. The van der Waals surface area contributed by atoms with E-state index in [-0.39, 0.29) is 11.6 Å². The fraction of sp³-hybridized carbons (Fsp3) is 0.667. The minimum Gasteiger partial charge on any atom is -0.392 e. The minimum absolute atomic E-state index is 0.276. The Morgan fingerprint density at radius 1 is 1.54 bits per heavy atom. The Hall–Kier alpha value is -0.820. The summed E-state index contributed by atoms with van der Waals surface area (Å²) in [6, 6.07) is 0. The van der Waals surface area contributed by atoms with Gasteiger partial charge >= 0.3 is 0 Å². The molecule has 74 valence electrons. The van der Waals surface area contributed by atoms with Gasteiger partial charge in [-0.15, -0.1) is 10.2 Å². The average Bonchev–Trinajstić information content (AvgIpc) is 2.48. The van der Waals surface area contributed by atoms with Crippen LogP contribution in [-0.2, 0) is 0 Å². The molecule has 1 aromatic heterocycles. The summed E-state index contributed by atoms with van der Waals surface area (Å²) < 4.78 is 24.0. The molecule has 1 heterocycles. The van der Waals surface area contributed by atoms with Crippen LogP contribution < -0.4 is 5.32 Å². The lowest BCUT2D eigenvalue weighted by atomic mass is 10.4. The van der Waals surface area contributed by atoms with Crippen molar-refractivity contribution < 1.29 is 13.9 Å². The largest absolute Gasteiger partial charge is 0.392 e. The second kappa shape index (κ2) is 4.43. The molecule has 0 unspecified atom stereocenters. The number of hydrogen-bond acceptors (Lipinski definition) is 5. The van der Waals surface area contributed by atoms with Gasteiger partial charge in [-0.2, -0.15) is 0 Å². The zero-order chi connectivity index (χ0) is 9.84. The molecule has 0 amide bonds. The van der Waals surface area contributed by atoms with Crippen LogP contribution in [0, 0.1) is 0 Å². The summed E-state index contributed by atoms with van der Waals surface area (Å²) in [6.07, 6.45) is -3.13. The first-order valence-electron chi connectivity index (χ1n) is 3.63. The third kappa shape index (κ3) is 3.19. The van der Waals surface area contributed by atoms with E-state index in [2.05, 4.69) is 15.5 Å². The molecular weight excluding hydrogens is 200 g/mol. The van der Waals surface area contributed by atoms with Crippen molar-refractivity contribution in [2.24, 2.45) is 0 Å². The maximum absolute atomic E-state index is 12.0. The van der Waals surface area contributed by atoms with Gasteiger partial charge < -0.3 is 10.4 Å². The Morgan fingerprint density at radius 3 is 2.69 bits per heavy atom. The number of nitrogens with zero attached hydrogens (tertiary/aromatic N) is 2. The van der Waals surface area contributed by atoms with Crippen LogP contribution in [0.2, 0.25) is 0 Å². The van der Waals surface area contributed by atoms with Crippen LogP contribution in [0.15, 0.2) is 0 Å². The third-order valence-corrected chi connectivity index (χ3v) is 2.06. The normalized spacial score (nSPS) is 13.3. The van der Waals surface area contributed by atoms with E-state index in [4.69, 9.17) is 5.11 Å². The van der Waals surface area contributed by atoms with Gasteiger partial charge in [0, 0.05) is 6.54 Å². The van der Waals surface area contributed by atoms with Crippen LogP contribution in [0.5, 0.6) is 0 Å². The number of rotatable bonds is 4. The molecule has 4 nitrogen and oxygen atoms in total. The van der Waals surface area contributed by atoms with Crippen molar-refractivity contribution in [3.8, 4) is 0 Å². The highest BCUT2D eigenvalue weighted by molar-refractivity contribution is 7.15. The topological polar surface area (TPSA) is 58.0 Å². The predicted octanol–water partition coefficient (Wildman–Crippen LogP) is 1.27. The van der Waals surface area contributed by atoms with E-state index < -0.39 is 12.5 Å². The van der Waals surface area contributed by atoms with Crippen molar-refractivity contribution in [3.05, 3.63) is 5.01 Å². The predicted molar refractivity (Wildman–Crippen MR) is 45.0 cm³/mol. The van der Waals surface area contributed by atoms with Gasteiger partial charge in [0.15, 0.2) is 5.01 Å². The number of anilines is 1. The van der Waals surface area contributed by atoms with E-state index in [1.165, 1.54) is 0 Å². The highest BCUT2D eigenvalue weighted by Crippen LogP contribution is 2.24. The first kappa shape index (κ1) is 10.3. The van der Waals surface area contributed by atoms with Gasteiger partial charge in [0.2, 0.25) is 5.13 Å². The number of hydrogen-bond donors (Lipinski definition) is 2. The van der Waals surface area contributed by atoms with Gasteiger partial charge in [-0.1, -0.05) is 11.3 Å². The summed E-state index contributed by atoms with van der Waals surface area (Å²) in [6.45, 7) is 1.86. The summed E-state index contributed by atoms with van der Waals surface area (Å²) in [5.41, 5.74) is 0. The molecule has 0 spiro atoms. The SMILES string of the molecule is C[C@H](O)CNc1nnc(C(F)F)s1. The van der Waals surface area contributed by atoms with Crippen molar-refractivity contribution in [1.29, 1.82) is 0 Å². The first-order chi connectivity index (χ1) is 6.09. The van der Waals surface area contributed by atoms with E-state index in [0.717, 1.165) is 11.3 Å². The Kier molecular flexibility index (Phi) is 3.49. The molecule has 1 rings (SSSR count). The van der Waals surface area contributed by atoms with Gasteiger partial charge in [0.05, 0.1) is 6.10 Å². The molecule has 0 aliphatic rings. The standard InChI is InChI=1S/C6H9F2N3OS/c1-3(12)2-9-6-11-10-5(13-6)4(7)8/h3-4,12H,2H2,1H3,(H,9,11)/t3-/m0/s1. The van der Waals surface area contributed by atoms with Gasteiger partial charge in [-0.05, 0) is 6.92 Å². The molecule has 0 aliphatic heterocycles. The number of alkyl halides is 2. The first-order valence-corrected chi connectivity index (χ1v) is 4.44. The number of halogens is 2. The van der Waals surface area contributed by atoms with Crippen molar-refractivity contribution in [2.45, 2.75) is 19.5 Å². The number of aromatic nitrogens is 2. The fourth-order valence-corrected chi connectivity index (χ4v) is 1.24. The van der Waals surface area contributed by atoms with Gasteiger partial charge in [0.25, 0.3) is 6.43 Å². The van der Waals surface area contributed by atoms with Gasteiger partial charge in [-0.3, -0.25) is 0 Å². The van der Waals surface area contributed by atoms with Crippen molar-refractivity contribution in [2.75, 3.05) is 11.9 Å². The summed E-state index contributed by atoms with van der Waals surface area (Å²) in [7, 11) is 0. The monoisotopic (exact) mass is 209 g/mol. The minimum atomic E-state index is -2.58. The van der Waals surface area contributed by atoms with Gasteiger partial charge in [0.1, 0.15) is 0 Å². The molecule has 13 heavy (non-hydrogen) atoms. The molecule has 0 fully saturated rings. The molecule has 0 saturated heterocycles. The van der Waals surface area contributed by atoms with Crippen LogP contribution in [0.3, 0.4) is 0 Å². The van der Waals surface area contributed by atoms with Crippen molar-refractivity contribution in [1.82, 2.24) is 10.2 Å². The number of aliphatic hydroxyl groups excluding tert-OH is 1. The summed E-state index contributed by atoms with van der Waals surface area (Å²) >= 11 is 0.789. The lowest BCUT2D eigenvalue weighted by Crippen LogP contribution is -2.14. The number of nitrogens with one attached hydrogen (secondary N) is 1. The molecule has 1 aromatic rings. The summed E-state index contributed by atoms with van der Waals surface area (Å²) in [5.74, 6) is 0. The maximum atomic E-state index is 12.0. The van der Waals surface area contributed by atoms with Crippen LogP contribution in [0.1, 0.15) is 18.4 Å². The van der Waals surface area contributed by atoms with Crippen LogP contribution in [0.25, 0.3) is 0 Å².